The molecule has 3 N–H and O–H groups in total. The van der Waals surface area contributed by atoms with E-state index in [0.717, 1.165) is 16.7 Å². The van der Waals surface area contributed by atoms with Crippen LogP contribution < -0.4 is 10.9 Å². The number of aliphatic hydroxyl groups is 1. The zero-order valence-corrected chi connectivity index (χ0v) is 24.1. The van der Waals surface area contributed by atoms with Crippen LogP contribution in [0.5, 0.6) is 0 Å². The molecule has 1 fully saturated rings. The van der Waals surface area contributed by atoms with Crippen LogP contribution in [0.2, 0.25) is 0 Å². The first-order chi connectivity index (χ1) is 20.9. The van der Waals surface area contributed by atoms with Crippen LogP contribution in [0, 0.1) is 5.92 Å². The van der Waals surface area contributed by atoms with Gasteiger partial charge in [-0.3, -0.25) is 29.4 Å². The monoisotopic (exact) mass is 578 g/mol. The summed E-state index contributed by atoms with van der Waals surface area (Å²) < 4.78 is 8.12. The van der Waals surface area contributed by atoms with Crippen LogP contribution >= 0.6 is 0 Å². The van der Waals surface area contributed by atoms with Crippen molar-refractivity contribution in [1.82, 2.24) is 24.4 Å². The summed E-state index contributed by atoms with van der Waals surface area (Å²) in [4.78, 5) is 39.1. The number of hydrogen-bond donors (Lipinski definition) is 3. The molecule has 0 bridgehead atoms. The number of aromatic amines is 1. The minimum atomic E-state index is -0.739. The molecule has 3 heterocycles. The molecule has 0 aliphatic carbocycles. The normalized spacial score (nSPS) is 17.8. The summed E-state index contributed by atoms with van der Waals surface area (Å²) in [7, 11) is 0. The van der Waals surface area contributed by atoms with Crippen molar-refractivity contribution in [2.45, 2.75) is 31.7 Å². The second-order valence-electron chi connectivity index (χ2n) is 11.0. The lowest BCUT2D eigenvalue weighted by Crippen LogP contribution is -2.57. The molecular weight excluding hydrogens is 544 g/mol. The van der Waals surface area contributed by atoms with E-state index in [9.17, 15) is 14.7 Å². The van der Waals surface area contributed by atoms with E-state index in [2.05, 4.69) is 61.6 Å². The van der Waals surface area contributed by atoms with Gasteiger partial charge in [0.25, 0.3) is 5.56 Å². The molecule has 2 aromatic heterocycles. The van der Waals surface area contributed by atoms with Crippen molar-refractivity contribution in [2.24, 2.45) is 5.92 Å². The van der Waals surface area contributed by atoms with Crippen LogP contribution in [0.4, 0.5) is 5.95 Å². The number of rotatable bonds is 8. The Bertz CT molecular complexity index is 1660. The van der Waals surface area contributed by atoms with Crippen molar-refractivity contribution in [3.8, 4) is 0 Å². The van der Waals surface area contributed by atoms with Crippen LogP contribution in [0.15, 0.2) is 102 Å². The Morgan fingerprint density at radius 1 is 0.977 bits per heavy atom. The van der Waals surface area contributed by atoms with Gasteiger partial charge in [-0.2, -0.15) is 4.98 Å². The van der Waals surface area contributed by atoms with E-state index >= 15 is 0 Å². The van der Waals surface area contributed by atoms with E-state index < -0.39 is 23.4 Å². The first-order valence-electron chi connectivity index (χ1n) is 14.4. The average molecular weight is 579 g/mol. The second kappa shape index (κ2) is 11.9. The molecule has 1 aliphatic rings. The van der Waals surface area contributed by atoms with Crippen molar-refractivity contribution in [3.63, 3.8) is 0 Å². The standard InChI is InChI=1S/C33H34N6O4/c1-22(2)30(41)36-32-35-29-28(31(42)37-32)34-21-39(29)27-19-38(18-26(20-40)43-27)33(23-12-6-3-7-13-23,24-14-8-4-9-15-24)25-16-10-5-11-17-25/h3-17,21-22,26-27,40H,18-20H2,1-2H3,(H2,35,36,37,41,42)/t26-,27+/m0/s1. The van der Waals surface area contributed by atoms with Gasteiger partial charge in [-0.05, 0) is 16.7 Å². The molecule has 5 aromatic rings. The zero-order chi connectivity index (χ0) is 30.0. The number of imidazole rings is 1. The van der Waals surface area contributed by atoms with Crippen LogP contribution in [-0.2, 0) is 15.1 Å². The molecule has 0 spiro atoms. The van der Waals surface area contributed by atoms with Gasteiger partial charge in [0.1, 0.15) is 6.23 Å². The third-order valence-corrected chi connectivity index (χ3v) is 7.91. The molecule has 6 rings (SSSR count). The summed E-state index contributed by atoms with van der Waals surface area (Å²) in [5.74, 6) is -0.530. The Kier molecular flexibility index (Phi) is 7.90. The number of carbonyl (C=O) groups is 1. The van der Waals surface area contributed by atoms with Gasteiger partial charge >= 0.3 is 0 Å². The van der Waals surface area contributed by atoms with Gasteiger partial charge in [-0.25, -0.2) is 4.98 Å². The Morgan fingerprint density at radius 3 is 2.05 bits per heavy atom. The highest BCUT2D eigenvalue weighted by molar-refractivity contribution is 5.91. The summed E-state index contributed by atoms with van der Waals surface area (Å²) in [5, 5.41) is 13.1. The number of carbonyl (C=O) groups excluding carboxylic acids is 1. The number of aliphatic hydroxyl groups excluding tert-OH is 1. The van der Waals surface area contributed by atoms with E-state index in [1.54, 1.807) is 18.4 Å². The van der Waals surface area contributed by atoms with Gasteiger partial charge in [0.15, 0.2) is 11.2 Å². The van der Waals surface area contributed by atoms with Crippen molar-refractivity contribution in [1.29, 1.82) is 0 Å². The minimum absolute atomic E-state index is 0.0385. The lowest BCUT2D eigenvalue weighted by molar-refractivity contribution is -0.148. The zero-order valence-electron chi connectivity index (χ0n) is 24.1. The fraction of sp³-hybridized carbons (Fsp3) is 0.273. The Balaban J connectivity index is 1.51. The maximum absolute atomic E-state index is 12.9. The number of nitrogens with one attached hydrogen (secondary N) is 2. The van der Waals surface area contributed by atoms with Crippen LogP contribution in [0.3, 0.4) is 0 Å². The molecule has 2 atom stereocenters. The third kappa shape index (κ3) is 5.25. The number of morpholine rings is 1. The maximum Gasteiger partial charge on any atom is 0.280 e. The van der Waals surface area contributed by atoms with Gasteiger partial charge in [-0.1, -0.05) is 105 Å². The Morgan fingerprint density at radius 2 is 1.53 bits per heavy atom. The summed E-state index contributed by atoms with van der Waals surface area (Å²) in [5.41, 5.74) is 2.38. The van der Waals surface area contributed by atoms with Gasteiger partial charge in [0.2, 0.25) is 11.9 Å². The van der Waals surface area contributed by atoms with Gasteiger partial charge in [-0.15, -0.1) is 0 Å². The van der Waals surface area contributed by atoms with Crippen LogP contribution in [-0.4, -0.2) is 61.2 Å². The summed E-state index contributed by atoms with van der Waals surface area (Å²) >= 11 is 0. The number of nitrogens with zero attached hydrogens (tertiary/aromatic N) is 4. The van der Waals surface area contributed by atoms with Crippen molar-refractivity contribution in [3.05, 3.63) is 124 Å². The smallest absolute Gasteiger partial charge is 0.280 e. The summed E-state index contributed by atoms with van der Waals surface area (Å²) in [6.07, 6.45) is 0.321. The molecule has 43 heavy (non-hydrogen) atoms. The van der Waals surface area contributed by atoms with Crippen molar-refractivity contribution >= 4 is 23.0 Å². The number of benzene rings is 3. The fourth-order valence-electron chi connectivity index (χ4n) is 5.89. The number of H-pyrrole nitrogens is 1. The van der Waals surface area contributed by atoms with E-state index in [-0.39, 0.29) is 35.5 Å². The van der Waals surface area contributed by atoms with Gasteiger partial charge in [0.05, 0.1) is 24.6 Å². The largest absolute Gasteiger partial charge is 0.394 e. The average Bonchev–Trinajstić information content (AvgIpc) is 3.47. The Hall–Kier alpha value is -4.64. The van der Waals surface area contributed by atoms with Crippen molar-refractivity contribution < 1.29 is 14.6 Å². The molecule has 10 nitrogen and oxygen atoms in total. The number of hydrogen-bond acceptors (Lipinski definition) is 7. The van der Waals surface area contributed by atoms with E-state index in [0.29, 0.717) is 13.1 Å². The highest BCUT2D eigenvalue weighted by atomic mass is 16.5. The van der Waals surface area contributed by atoms with Gasteiger partial charge in [0, 0.05) is 19.0 Å². The fourth-order valence-corrected chi connectivity index (χ4v) is 5.89. The number of aromatic nitrogens is 4. The summed E-state index contributed by atoms with van der Waals surface area (Å²) in [6.45, 7) is 4.12. The Labute approximate surface area is 249 Å². The van der Waals surface area contributed by atoms with E-state index in [1.165, 1.54) is 6.33 Å². The molecule has 3 aromatic carbocycles. The number of ether oxygens (including phenoxy) is 1. The van der Waals surface area contributed by atoms with E-state index in [4.69, 9.17) is 4.74 Å². The lowest BCUT2D eigenvalue weighted by Gasteiger charge is -2.50. The SMILES string of the molecule is CC(C)C(=O)Nc1nc2c(ncn2[C@H]2CN(C(c3ccccc3)(c3ccccc3)c3ccccc3)C[C@@H](CO)O2)c(=O)[nH]1. The highest BCUT2D eigenvalue weighted by Crippen LogP contribution is 2.44. The number of amides is 1. The molecule has 1 aliphatic heterocycles. The third-order valence-electron chi connectivity index (χ3n) is 7.91. The summed E-state index contributed by atoms with van der Waals surface area (Å²) in [6, 6.07) is 30.9. The molecule has 1 saturated heterocycles. The molecule has 0 saturated carbocycles. The molecule has 1 amide bonds. The molecular formula is C33H34N6O4. The maximum atomic E-state index is 12.9. The lowest BCUT2D eigenvalue weighted by atomic mass is 9.75. The van der Waals surface area contributed by atoms with Crippen molar-refractivity contribution in [2.75, 3.05) is 25.0 Å². The first kappa shape index (κ1) is 28.5. The highest BCUT2D eigenvalue weighted by Gasteiger charge is 2.46. The number of anilines is 1. The minimum Gasteiger partial charge on any atom is -0.394 e. The molecule has 10 heteroatoms. The quantitative estimate of drug-likeness (QED) is 0.239. The first-order valence-corrected chi connectivity index (χ1v) is 14.4. The topological polar surface area (TPSA) is 125 Å². The van der Waals surface area contributed by atoms with Crippen LogP contribution in [0.25, 0.3) is 11.2 Å². The van der Waals surface area contributed by atoms with Crippen LogP contribution in [0.1, 0.15) is 36.8 Å². The predicted molar refractivity (Wildman–Crippen MR) is 163 cm³/mol. The number of fused-ring (bicyclic) bond motifs is 1. The van der Waals surface area contributed by atoms with Gasteiger partial charge < -0.3 is 9.84 Å². The molecule has 220 valence electrons. The predicted octanol–water partition coefficient (Wildman–Crippen LogP) is 3.90. The molecule has 0 unspecified atom stereocenters. The molecule has 0 radical (unpaired) electrons. The van der Waals surface area contributed by atoms with E-state index in [1.807, 2.05) is 54.6 Å². The second-order valence-corrected chi connectivity index (χ2v) is 11.0.